The third-order valence-corrected chi connectivity index (χ3v) is 1.79. The minimum Gasteiger partial charge on any atom is -0.394 e. The zero-order valence-corrected chi connectivity index (χ0v) is 7.17. The molecule has 0 aliphatic carbocycles. The van der Waals surface area contributed by atoms with E-state index >= 15 is 0 Å². The van der Waals surface area contributed by atoms with Crippen LogP contribution in [0.1, 0.15) is 6.92 Å². The van der Waals surface area contributed by atoms with Crippen molar-refractivity contribution in [3.05, 3.63) is 0 Å². The van der Waals surface area contributed by atoms with E-state index in [-0.39, 0.29) is 13.2 Å². The van der Waals surface area contributed by atoms with E-state index in [1.54, 1.807) is 6.92 Å². The van der Waals surface area contributed by atoms with Gasteiger partial charge in [0.2, 0.25) is 0 Å². The number of aliphatic imine (C=N–C) groups is 1. The van der Waals surface area contributed by atoms with Gasteiger partial charge in [0.05, 0.1) is 25.3 Å². The van der Waals surface area contributed by atoms with E-state index in [4.69, 9.17) is 10.2 Å². The third-order valence-electron chi connectivity index (χ3n) is 1.79. The number of nitrogens with one attached hydrogen (secondary N) is 2. The quantitative estimate of drug-likeness (QED) is 0.409. The molecule has 0 amide bonds. The summed E-state index contributed by atoms with van der Waals surface area (Å²) in [4.78, 5) is 4.09. The van der Waals surface area contributed by atoms with Gasteiger partial charge in [0.15, 0.2) is 5.96 Å². The number of guanidine groups is 1. The molecule has 0 aromatic carbocycles. The first-order valence-corrected chi connectivity index (χ1v) is 3.98. The van der Waals surface area contributed by atoms with Crippen LogP contribution in [0.25, 0.3) is 0 Å². The molecule has 0 unspecified atom stereocenters. The Morgan fingerprint density at radius 3 is 2.67 bits per heavy atom. The molecule has 0 bridgehead atoms. The number of hydrogen-bond acceptors (Lipinski definition) is 5. The van der Waals surface area contributed by atoms with Crippen LogP contribution in [-0.4, -0.2) is 48.0 Å². The molecule has 0 atom stereocenters. The minimum atomic E-state index is -0.684. The summed E-state index contributed by atoms with van der Waals surface area (Å²) in [6.45, 7) is 3.05. The second-order valence-electron chi connectivity index (χ2n) is 3.16. The third kappa shape index (κ3) is 2.09. The zero-order valence-electron chi connectivity index (χ0n) is 7.17. The van der Waals surface area contributed by atoms with E-state index < -0.39 is 5.54 Å². The molecule has 1 rings (SSSR count). The summed E-state index contributed by atoms with van der Waals surface area (Å²) >= 11 is 0. The van der Waals surface area contributed by atoms with Crippen LogP contribution >= 0.6 is 0 Å². The van der Waals surface area contributed by atoms with Gasteiger partial charge in [-0.3, -0.25) is 4.99 Å². The van der Waals surface area contributed by atoms with Crippen LogP contribution in [0.15, 0.2) is 4.99 Å². The van der Waals surface area contributed by atoms with Gasteiger partial charge in [0.1, 0.15) is 0 Å². The average molecular weight is 173 g/mol. The Morgan fingerprint density at radius 2 is 2.25 bits per heavy atom. The number of aliphatic hydroxyl groups excluding tert-OH is 2. The first-order valence-electron chi connectivity index (χ1n) is 3.98. The molecule has 5 heteroatoms. The fourth-order valence-corrected chi connectivity index (χ4v) is 0.897. The molecule has 12 heavy (non-hydrogen) atoms. The van der Waals surface area contributed by atoms with Crippen molar-refractivity contribution in [2.75, 3.05) is 26.3 Å². The Balaban J connectivity index is 2.46. The molecule has 0 saturated carbocycles. The monoisotopic (exact) mass is 173 g/mol. The highest BCUT2D eigenvalue weighted by Gasteiger charge is 2.24. The van der Waals surface area contributed by atoms with E-state index in [2.05, 4.69) is 15.6 Å². The lowest BCUT2D eigenvalue weighted by Gasteiger charge is -2.26. The Kier molecular flexibility index (Phi) is 2.88. The summed E-state index contributed by atoms with van der Waals surface area (Å²) in [6, 6.07) is 0. The molecule has 0 spiro atoms. The molecule has 4 N–H and O–H groups in total. The molecule has 0 aromatic rings. The smallest absolute Gasteiger partial charge is 0.191 e. The predicted molar refractivity (Wildman–Crippen MR) is 46.0 cm³/mol. The second kappa shape index (κ2) is 3.73. The molecule has 0 radical (unpaired) electrons. The van der Waals surface area contributed by atoms with Crippen LogP contribution in [0.3, 0.4) is 0 Å². The Labute approximate surface area is 71.5 Å². The molecule has 0 fully saturated rings. The predicted octanol–water partition coefficient (Wildman–Crippen LogP) is -1.72. The lowest BCUT2D eigenvalue weighted by molar-refractivity contribution is 0.119. The lowest BCUT2D eigenvalue weighted by atomic mass is 10.1. The second-order valence-corrected chi connectivity index (χ2v) is 3.16. The van der Waals surface area contributed by atoms with Gasteiger partial charge < -0.3 is 20.8 Å². The van der Waals surface area contributed by atoms with Gasteiger partial charge in [-0.2, -0.15) is 0 Å². The summed E-state index contributed by atoms with van der Waals surface area (Å²) in [6.07, 6.45) is 0. The molecule has 1 heterocycles. The van der Waals surface area contributed by atoms with Gasteiger partial charge in [-0.25, -0.2) is 0 Å². The van der Waals surface area contributed by atoms with E-state index in [9.17, 15) is 0 Å². The largest absolute Gasteiger partial charge is 0.394 e. The van der Waals surface area contributed by atoms with Gasteiger partial charge in [0.25, 0.3) is 0 Å². The van der Waals surface area contributed by atoms with Gasteiger partial charge in [-0.15, -0.1) is 0 Å². The molecule has 1 aliphatic rings. The van der Waals surface area contributed by atoms with Crippen LogP contribution in [0, 0.1) is 0 Å². The summed E-state index contributed by atoms with van der Waals surface area (Å²) in [5, 5.41) is 23.8. The standard InChI is InChI=1S/C7H15N3O2/c1-7(4-11,5-12)10-6-8-2-3-9-6/h11-12H,2-5H2,1H3,(H2,8,9,10). The van der Waals surface area contributed by atoms with Gasteiger partial charge in [-0.1, -0.05) is 0 Å². The molecule has 0 aromatic heterocycles. The van der Waals surface area contributed by atoms with Crippen LogP contribution < -0.4 is 10.6 Å². The maximum Gasteiger partial charge on any atom is 0.191 e. The van der Waals surface area contributed by atoms with Crippen LogP contribution in [0.2, 0.25) is 0 Å². The maximum atomic E-state index is 8.94. The maximum absolute atomic E-state index is 8.94. The fourth-order valence-electron chi connectivity index (χ4n) is 0.897. The van der Waals surface area contributed by atoms with Crippen molar-refractivity contribution in [2.45, 2.75) is 12.5 Å². The molecular weight excluding hydrogens is 158 g/mol. The summed E-state index contributed by atoms with van der Waals surface area (Å²) in [7, 11) is 0. The highest BCUT2D eigenvalue weighted by Crippen LogP contribution is 2.00. The van der Waals surface area contributed by atoms with E-state index in [0.29, 0.717) is 5.96 Å². The van der Waals surface area contributed by atoms with Crippen molar-refractivity contribution < 1.29 is 10.2 Å². The SMILES string of the molecule is CC(CO)(CO)NC1=NCCN1. The van der Waals surface area contributed by atoms with Crippen LogP contribution in [0.5, 0.6) is 0 Å². The number of nitrogens with zero attached hydrogens (tertiary/aromatic N) is 1. The van der Waals surface area contributed by atoms with Crippen molar-refractivity contribution >= 4 is 5.96 Å². The minimum absolute atomic E-state index is 0.121. The van der Waals surface area contributed by atoms with E-state index in [1.165, 1.54) is 0 Å². The summed E-state index contributed by atoms with van der Waals surface area (Å²) < 4.78 is 0. The van der Waals surface area contributed by atoms with Crippen molar-refractivity contribution in [3.63, 3.8) is 0 Å². The summed E-state index contributed by atoms with van der Waals surface area (Å²) in [5.74, 6) is 0.653. The van der Waals surface area contributed by atoms with Gasteiger partial charge >= 0.3 is 0 Å². The number of rotatable bonds is 3. The number of aliphatic hydroxyl groups is 2. The Hall–Kier alpha value is -0.810. The van der Waals surface area contributed by atoms with E-state index in [0.717, 1.165) is 13.1 Å². The normalized spacial score (nSPS) is 17.1. The lowest BCUT2D eigenvalue weighted by Crippen LogP contribution is -2.54. The van der Waals surface area contributed by atoms with Crippen LogP contribution in [0.4, 0.5) is 0 Å². The van der Waals surface area contributed by atoms with Crippen molar-refractivity contribution in [1.82, 2.24) is 10.6 Å². The van der Waals surface area contributed by atoms with E-state index in [1.807, 2.05) is 0 Å². The molecule has 5 nitrogen and oxygen atoms in total. The summed E-state index contributed by atoms with van der Waals surface area (Å²) in [5.41, 5.74) is -0.684. The average Bonchev–Trinajstić information content (AvgIpc) is 2.57. The van der Waals surface area contributed by atoms with Crippen molar-refractivity contribution in [3.8, 4) is 0 Å². The molecular formula is C7H15N3O2. The number of hydrogen-bond donors (Lipinski definition) is 4. The van der Waals surface area contributed by atoms with Gasteiger partial charge in [-0.05, 0) is 6.92 Å². The Bertz CT molecular complexity index is 177. The Morgan fingerprint density at radius 1 is 1.58 bits per heavy atom. The van der Waals surface area contributed by atoms with Crippen molar-refractivity contribution in [2.24, 2.45) is 4.99 Å². The van der Waals surface area contributed by atoms with Crippen molar-refractivity contribution in [1.29, 1.82) is 0 Å². The molecule has 70 valence electrons. The highest BCUT2D eigenvalue weighted by molar-refractivity contribution is 5.81. The first-order chi connectivity index (χ1) is 5.70. The zero-order chi connectivity index (χ0) is 9.03. The highest BCUT2D eigenvalue weighted by atomic mass is 16.3. The topological polar surface area (TPSA) is 76.9 Å². The fraction of sp³-hybridized carbons (Fsp3) is 0.857. The molecule has 0 saturated heterocycles. The van der Waals surface area contributed by atoms with Gasteiger partial charge in [0, 0.05) is 6.54 Å². The van der Waals surface area contributed by atoms with Crippen LogP contribution in [-0.2, 0) is 0 Å². The first kappa shape index (κ1) is 9.28. The molecule has 1 aliphatic heterocycles.